The summed E-state index contributed by atoms with van der Waals surface area (Å²) in [5.41, 5.74) is 17.6. The smallest absolute Gasteiger partial charge is 0.159 e. The number of hydrogen-bond acceptors (Lipinski definition) is 3. The molecule has 1 atom stereocenters. The van der Waals surface area contributed by atoms with E-state index in [1.165, 1.54) is 67.4 Å². The molecule has 0 bridgehead atoms. The van der Waals surface area contributed by atoms with Gasteiger partial charge in [-0.3, -0.25) is 0 Å². The molecule has 5 aromatic rings. The number of anilines is 3. The third kappa shape index (κ3) is 4.63. The zero-order valence-electron chi connectivity index (χ0n) is 30.5. The summed E-state index contributed by atoms with van der Waals surface area (Å²) in [5.74, 6) is 0.253. The zero-order valence-corrected chi connectivity index (χ0v) is 30.5. The van der Waals surface area contributed by atoms with Crippen molar-refractivity contribution in [2.45, 2.75) is 59.3 Å². The summed E-state index contributed by atoms with van der Waals surface area (Å²) in [6.07, 6.45) is 23.4. The van der Waals surface area contributed by atoms with Gasteiger partial charge in [0.1, 0.15) is 11.4 Å². The van der Waals surface area contributed by atoms with E-state index in [0.29, 0.717) is 11.6 Å². The molecule has 0 saturated carbocycles. The Bertz CT molecular complexity index is 2530. The first-order valence-electron chi connectivity index (χ1n) is 18.6. The molecule has 0 aliphatic heterocycles. The van der Waals surface area contributed by atoms with E-state index >= 15 is 0 Å². The number of para-hydroxylation sites is 1. The van der Waals surface area contributed by atoms with Crippen LogP contribution in [0.25, 0.3) is 39.1 Å². The Kier molecular flexibility index (Phi) is 7.62. The minimum absolute atomic E-state index is 0.285. The van der Waals surface area contributed by atoms with Crippen molar-refractivity contribution in [1.82, 2.24) is 0 Å². The Morgan fingerprint density at radius 2 is 1.60 bits per heavy atom. The van der Waals surface area contributed by atoms with E-state index in [1.807, 2.05) is 18.2 Å². The van der Waals surface area contributed by atoms with Crippen molar-refractivity contribution in [1.29, 1.82) is 0 Å². The van der Waals surface area contributed by atoms with Gasteiger partial charge in [0.25, 0.3) is 0 Å². The fourth-order valence-corrected chi connectivity index (χ4v) is 9.35. The molecule has 4 heteroatoms. The molecule has 4 aliphatic rings. The number of fused-ring (bicyclic) bond motifs is 11. The fraction of sp³-hybridized carbons (Fsp3) is 0.208. The molecule has 0 amide bonds. The van der Waals surface area contributed by atoms with E-state index in [4.69, 9.17) is 4.42 Å². The second-order valence-electron chi connectivity index (χ2n) is 14.6. The van der Waals surface area contributed by atoms with E-state index in [9.17, 15) is 4.39 Å². The summed E-state index contributed by atoms with van der Waals surface area (Å²) in [6, 6.07) is 19.8. The Balaban J connectivity index is 1.44. The highest BCUT2D eigenvalue weighted by Crippen LogP contribution is 2.65. The van der Waals surface area contributed by atoms with Crippen molar-refractivity contribution in [3.63, 3.8) is 0 Å². The van der Waals surface area contributed by atoms with Crippen LogP contribution in [-0.4, -0.2) is 0 Å². The van der Waals surface area contributed by atoms with Crippen molar-refractivity contribution in [3.8, 4) is 11.1 Å². The molecule has 9 rings (SSSR count). The van der Waals surface area contributed by atoms with E-state index in [2.05, 4.69) is 124 Å². The predicted molar refractivity (Wildman–Crippen MR) is 217 cm³/mol. The molecule has 2 N–H and O–H groups in total. The molecule has 1 spiro atoms. The van der Waals surface area contributed by atoms with E-state index in [0.717, 1.165) is 52.6 Å². The van der Waals surface area contributed by atoms with Gasteiger partial charge in [-0.15, -0.1) is 0 Å². The van der Waals surface area contributed by atoms with Gasteiger partial charge in [-0.1, -0.05) is 79.8 Å². The molecule has 3 nitrogen and oxygen atoms in total. The normalized spacial score (nSPS) is 18.7. The number of hydrogen-bond donors (Lipinski definition) is 2. The Labute approximate surface area is 305 Å². The van der Waals surface area contributed by atoms with Gasteiger partial charge >= 0.3 is 0 Å². The summed E-state index contributed by atoms with van der Waals surface area (Å²) >= 11 is 0. The van der Waals surface area contributed by atoms with Crippen LogP contribution in [0.1, 0.15) is 69.7 Å². The van der Waals surface area contributed by atoms with Crippen LogP contribution in [-0.2, 0) is 11.8 Å². The minimum atomic E-state index is -0.554. The molecule has 52 heavy (non-hydrogen) atoms. The average Bonchev–Trinajstić information content (AvgIpc) is 3.74. The number of allylic oxidation sites excluding steroid dienone is 12. The largest absolute Gasteiger partial charge is 0.454 e. The molecule has 1 aromatic heterocycles. The van der Waals surface area contributed by atoms with Gasteiger partial charge in [-0.05, 0) is 151 Å². The molecule has 0 saturated heterocycles. The highest BCUT2D eigenvalue weighted by atomic mass is 19.1. The Hall–Kier alpha value is -5.61. The summed E-state index contributed by atoms with van der Waals surface area (Å²) < 4.78 is 21.4. The first-order valence-corrected chi connectivity index (χ1v) is 18.6. The lowest BCUT2D eigenvalue weighted by atomic mass is 9.69. The SMILES string of the molecule is C/C=C\C1=C(C)C2(C(C)=C1/C=C\C)c1cc(NC3=CCC(C)C=C3)c3c(c1-c1c2cc(Nc2cccc(F)c2)c2oc4ccccc4c12)C=CCC3. The van der Waals surface area contributed by atoms with Gasteiger partial charge in [0.15, 0.2) is 5.58 Å². The van der Waals surface area contributed by atoms with Crippen LogP contribution >= 0.6 is 0 Å². The van der Waals surface area contributed by atoms with Gasteiger partial charge in [0.2, 0.25) is 0 Å². The van der Waals surface area contributed by atoms with Crippen LogP contribution in [0.15, 0.2) is 142 Å². The van der Waals surface area contributed by atoms with Crippen LogP contribution in [0.2, 0.25) is 0 Å². The Morgan fingerprint density at radius 3 is 2.33 bits per heavy atom. The lowest BCUT2D eigenvalue weighted by Gasteiger charge is -2.33. The molecule has 4 aliphatic carbocycles. The summed E-state index contributed by atoms with van der Waals surface area (Å²) in [7, 11) is 0. The molecular formula is C48H43FN2O. The molecule has 0 radical (unpaired) electrons. The first-order chi connectivity index (χ1) is 25.3. The Morgan fingerprint density at radius 1 is 0.846 bits per heavy atom. The second-order valence-corrected chi connectivity index (χ2v) is 14.6. The van der Waals surface area contributed by atoms with Gasteiger partial charge < -0.3 is 15.1 Å². The maximum absolute atomic E-state index is 14.6. The summed E-state index contributed by atoms with van der Waals surface area (Å²) in [5, 5.41) is 9.69. The second kappa shape index (κ2) is 12.3. The monoisotopic (exact) mass is 682 g/mol. The topological polar surface area (TPSA) is 37.2 Å². The van der Waals surface area contributed by atoms with Crippen LogP contribution in [0, 0.1) is 11.7 Å². The molecule has 258 valence electrons. The first kappa shape index (κ1) is 32.3. The molecule has 1 heterocycles. The van der Waals surface area contributed by atoms with Crippen molar-refractivity contribution >= 4 is 45.1 Å². The standard InChI is InChI=1S/C48H43FN2O/c1-6-13-34-29(4)48(30(5)35(34)14-7-2)39-26-41(50-32-23-21-28(3)22-24-32)36-17-8-9-18-37(36)44(39)46-40(48)27-42(51-33-16-12-15-31(49)25-33)47-45(46)38-19-10-11-20-43(38)52-47/h6-7,9-16,18-21,23-28,50-51H,8,17,22H2,1-5H3/b13-6-,14-7-. The van der Waals surface area contributed by atoms with Crippen LogP contribution in [0.5, 0.6) is 0 Å². The molecular weight excluding hydrogens is 640 g/mol. The lowest BCUT2D eigenvalue weighted by Crippen LogP contribution is -2.27. The van der Waals surface area contributed by atoms with Crippen LogP contribution in [0.3, 0.4) is 0 Å². The van der Waals surface area contributed by atoms with Crippen molar-refractivity contribution in [2.75, 3.05) is 10.6 Å². The van der Waals surface area contributed by atoms with Gasteiger partial charge in [-0.25, -0.2) is 4.39 Å². The van der Waals surface area contributed by atoms with Crippen molar-refractivity contribution in [2.24, 2.45) is 5.92 Å². The highest BCUT2D eigenvalue weighted by molar-refractivity contribution is 6.20. The molecule has 1 unspecified atom stereocenters. The van der Waals surface area contributed by atoms with E-state index in [1.54, 1.807) is 12.1 Å². The summed E-state index contributed by atoms with van der Waals surface area (Å²) in [4.78, 5) is 0. The van der Waals surface area contributed by atoms with Gasteiger partial charge in [0.05, 0.1) is 11.1 Å². The number of furan rings is 1. The highest BCUT2D eigenvalue weighted by Gasteiger charge is 2.53. The quantitative estimate of drug-likeness (QED) is 0.187. The number of rotatable bonds is 6. The van der Waals surface area contributed by atoms with E-state index < -0.39 is 5.41 Å². The van der Waals surface area contributed by atoms with E-state index in [-0.39, 0.29) is 5.82 Å². The molecule has 4 aromatic carbocycles. The van der Waals surface area contributed by atoms with Gasteiger partial charge in [-0.2, -0.15) is 0 Å². The maximum atomic E-state index is 14.6. The third-order valence-electron chi connectivity index (χ3n) is 11.6. The van der Waals surface area contributed by atoms with Crippen LogP contribution in [0.4, 0.5) is 21.5 Å². The number of benzene rings is 4. The number of halogens is 1. The average molecular weight is 683 g/mol. The van der Waals surface area contributed by atoms with Crippen molar-refractivity contribution in [3.05, 3.63) is 165 Å². The predicted octanol–water partition coefficient (Wildman–Crippen LogP) is 13.4. The minimum Gasteiger partial charge on any atom is -0.454 e. The van der Waals surface area contributed by atoms with Crippen LogP contribution < -0.4 is 10.6 Å². The number of nitrogens with one attached hydrogen (secondary N) is 2. The van der Waals surface area contributed by atoms with Crippen molar-refractivity contribution < 1.29 is 8.81 Å². The fourth-order valence-electron chi connectivity index (χ4n) is 9.35. The summed E-state index contributed by atoms with van der Waals surface area (Å²) in [6.45, 7) is 11.1. The lowest BCUT2D eigenvalue weighted by molar-refractivity contribution is 0.628. The molecule has 0 fully saturated rings. The third-order valence-corrected chi connectivity index (χ3v) is 11.6. The maximum Gasteiger partial charge on any atom is 0.159 e. The van der Waals surface area contributed by atoms with Gasteiger partial charge in [0, 0.05) is 27.8 Å². The zero-order chi connectivity index (χ0) is 35.7.